The highest BCUT2D eigenvalue weighted by Gasteiger charge is 2.01. The molecule has 0 aliphatic rings. The quantitative estimate of drug-likeness (QED) is 0.710. The second-order valence-corrected chi connectivity index (χ2v) is 2.78. The van der Waals surface area contributed by atoms with Crippen molar-refractivity contribution in [2.24, 2.45) is 0 Å². The number of benzene rings is 1. The van der Waals surface area contributed by atoms with Crippen LogP contribution in [0.3, 0.4) is 0 Å². The van der Waals surface area contributed by atoms with Crippen LogP contribution in [0.15, 0.2) is 36.5 Å². The van der Waals surface area contributed by atoms with Gasteiger partial charge in [0, 0.05) is 5.56 Å². The van der Waals surface area contributed by atoms with Crippen molar-refractivity contribution in [2.75, 3.05) is 0 Å². The molecule has 0 aliphatic carbocycles. The minimum Gasteiger partial charge on any atom is -0.196 e. The summed E-state index contributed by atoms with van der Waals surface area (Å²) in [5, 5.41) is 16.6. The molecular weight excluding hydrogens is 176 g/mol. The fourth-order valence-corrected chi connectivity index (χ4v) is 1.18. The normalized spacial score (nSPS) is 9.64. The van der Waals surface area contributed by atoms with Gasteiger partial charge in [0.1, 0.15) is 12.2 Å². The Kier molecular flexibility index (Phi) is 2.24. The van der Waals surface area contributed by atoms with Crippen LogP contribution in [0.1, 0.15) is 0 Å². The van der Waals surface area contributed by atoms with Gasteiger partial charge in [-0.3, -0.25) is 0 Å². The molecular formula is C10H8N4. The first-order valence-electron chi connectivity index (χ1n) is 4.22. The summed E-state index contributed by atoms with van der Waals surface area (Å²) in [6, 6.07) is 11.7. The fraction of sp³-hybridized carbons (Fsp3) is 0.100. The smallest absolute Gasteiger partial charge is 0.147 e. The van der Waals surface area contributed by atoms with E-state index in [0.29, 0.717) is 0 Å². The molecule has 0 unspecified atom stereocenters. The first kappa shape index (κ1) is 8.45. The van der Waals surface area contributed by atoms with Crippen molar-refractivity contribution in [3.63, 3.8) is 0 Å². The third-order valence-electron chi connectivity index (χ3n) is 1.82. The first-order valence-corrected chi connectivity index (χ1v) is 4.22. The Morgan fingerprint density at radius 3 is 2.79 bits per heavy atom. The minimum atomic E-state index is 0.187. The van der Waals surface area contributed by atoms with Gasteiger partial charge in [-0.25, -0.2) is 0 Å². The summed E-state index contributed by atoms with van der Waals surface area (Å²) in [6.45, 7) is 0.187. The largest absolute Gasteiger partial charge is 0.196 e. The van der Waals surface area contributed by atoms with Crippen LogP contribution in [0, 0.1) is 11.3 Å². The van der Waals surface area contributed by atoms with Crippen LogP contribution >= 0.6 is 0 Å². The lowest BCUT2D eigenvalue weighted by Gasteiger charge is -1.92. The summed E-state index contributed by atoms with van der Waals surface area (Å²) in [6.07, 6.45) is 1.66. The van der Waals surface area contributed by atoms with Gasteiger partial charge in [-0.15, -0.1) is 0 Å². The van der Waals surface area contributed by atoms with Crippen molar-refractivity contribution in [2.45, 2.75) is 6.54 Å². The molecule has 0 aliphatic heterocycles. The summed E-state index contributed by atoms with van der Waals surface area (Å²) in [7, 11) is 0. The molecule has 0 radical (unpaired) electrons. The van der Waals surface area contributed by atoms with Gasteiger partial charge < -0.3 is 0 Å². The third kappa shape index (κ3) is 1.62. The van der Waals surface area contributed by atoms with Crippen LogP contribution in [-0.2, 0) is 6.54 Å². The monoisotopic (exact) mass is 184 g/mol. The van der Waals surface area contributed by atoms with Crippen molar-refractivity contribution >= 4 is 0 Å². The molecule has 4 nitrogen and oxygen atoms in total. The number of aromatic nitrogens is 3. The van der Waals surface area contributed by atoms with Gasteiger partial charge in [0.2, 0.25) is 0 Å². The van der Waals surface area contributed by atoms with Crippen molar-refractivity contribution in [3.05, 3.63) is 36.5 Å². The highest BCUT2D eigenvalue weighted by molar-refractivity contribution is 5.56. The van der Waals surface area contributed by atoms with E-state index in [0.717, 1.165) is 11.3 Å². The van der Waals surface area contributed by atoms with E-state index in [2.05, 4.69) is 10.2 Å². The molecule has 0 spiro atoms. The lowest BCUT2D eigenvalue weighted by Crippen LogP contribution is -1.99. The van der Waals surface area contributed by atoms with Crippen molar-refractivity contribution < 1.29 is 0 Å². The topological polar surface area (TPSA) is 54.5 Å². The zero-order chi connectivity index (χ0) is 9.80. The molecule has 68 valence electrons. The summed E-state index contributed by atoms with van der Waals surface area (Å²) in [5.74, 6) is 0. The maximum absolute atomic E-state index is 8.45. The Bertz CT molecular complexity index is 452. The van der Waals surface area contributed by atoms with E-state index in [1.54, 1.807) is 6.20 Å². The summed E-state index contributed by atoms with van der Waals surface area (Å²) >= 11 is 0. The van der Waals surface area contributed by atoms with E-state index in [9.17, 15) is 0 Å². The van der Waals surface area contributed by atoms with E-state index >= 15 is 0 Å². The molecule has 0 amide bonds. The Balaban J connectivity index is 2.31. The van der Waals surface area contributed by atoms with Crippen molar-refractivity contribution in [1.29, 1.82) is 5.26 Å². The maximum atomic E-state index is 8.45. The molecule has 0 atom stereocenters. The van der Waals surface area contributed by atoms with Gasteiger partial charge in [-0.05, 0) is 0 Å². The molecule has 0 saturated heterocycles. The minimum absolute atomic E-state index is 0.187. The molecule has 0 fully saturated rings. The Morgan fingerprint density at radius 1 is 1.29 bits per heavy atom. The van der Waals surface area contributed by atoms with Gasteiger partial charge in [-0.2, -0.15) is 20.3 Å². The average molecular weight is 184 g/mol. The van der Waals surface area contributed by atoms with E-state index < -0.39 is 0 Å². The Morgan fingerprint density at radius 2 is 2.07 bits per heavy atom. The van der Waals surface area contributed by atoms with Gasteiger partial charge in [0.15, 0.2) is 0 Å². The predicted octanol–water partition coefficient (Wildman–Crippen LogP) is 1.47. The lowest BCUT2D eigenvalue weighted by molar-refractivity contribution is 0.610. The average Bonchev–Trinajstić information content (AvgIpc) is 2.68. The van der Waals surface area contributed by atoms with Gasteiger partial charge in [-0.1, -0.05) is 30.3 Å². The van der Waals surface area contributed by atoms with E-state index in [-0.39, 0.29) is 6.54 Å². The Hall–Kier alpha value is -2.15. The molecule has 0 bridgehead atoms. The van der Waals surface area contributed by atoms with Crippen molar-refractivity contribution in [1.82, 2.24) is 15.0 Å². The number of hydrogen-bond acceptors (Lipinski definition) is 3. The molecule has 1 heterocycles. The molecule has 1 aromatic heterocycles. The first-order chi connectivity index (χ1) is 6.90. The highest BCUT2D eigenvalue weighted by atomic mass is 15.5. The maximum Gasteiger partial charge on any atom is 0.147 e. The number of hydrogen-bond donors (Lipinski definition) is 0. The Labute approximate surface area is 81.4 Å². The van der Waals surface area contributed by atoms with E-state index in [1.807, 2.05) is 36.4 Å². The zero-order valence-electron chi connectivity index (χ0n) is 7.46. The summed E-state index contributed by atoms with van der Waals surface area (Å²) < 4.78 is 0. The lowest BCUT2D eigenvalue weighted by atomic mass is 10.2. The summed E-state index contributed by atoms with van der Waals surface area (Å²) in [4.78, 5) is 1.38. The van der Waals surface area contributed by atoms with Crippen LogP contribution in [0.4, 0.5) is 0 Å². The van der Waals surface area contributed by atoms with Crippen LogP contribution < -0.4 is 0 Å². The van der Waals surface area contributed by atoms with Crippen LogP contribution in [-0.4, -0.2) is 15.0 Å². The molecule has 2 rings (SSSR count). The van der Waals surface area contributed by atoms with Gasteiger partial charge in [0.25, 0.3) is 0 Å². The predicted molar refractivity (Wildman–Crippen MR) is 51.1 cm³/mol. The van der Waals surface area contributed by atoms with Crippen LogP contribution in [0.25, 0.3) is 11.3 Å². The second-order valence-electron chi connectivity index (χ2n) is 2.78. The number of rotatable bonds is 2. The standard InChI is InChI=1S/C10H8N4/c11-6-7-14-12-8-10(13-14)9-4-2-1-3-5-9/h1-5,8H,7H2. The van der Waals surface area contributed by atoms with E-state index in [1.165, 1.54) is 4.80 Å². The molecule has 14 heavy (non-hydrogen) atoms. The molecule has 0 saturated carbocycles. The van der Waals surface area contributed by atoms with Gasteiger partial charge >= 0.3 is 0 Å². The zero-order valence-corrected chi connectivity index (χ0v) is 7.46. The van der Waals surface area contributed by atoms with Crippen molar-refractivity contribution in [3.8, 4) is 17.3 Å². The highest BCUT2D eigenvalue weighted by Crippen LogP contribution is 2.13. The molecule has 0 N–H and O–H groups in total. The van der Waals surface area contributed by atoms with Crippen LogP contribution in [0.5, 0.6) is 0 Å². The number of nitriles is 1. The second kappa shape index (κ2) is 3.71. The van der Waals surface area contributed by atoms with Crippen LogP contribution in [0.2, 0.25) is 0 Å². The molecule has 2 aromatic rings. The molecule has 1 aromatic carbocycles. The summed E-state index contributed by atoms with van der Waals surface area (Å²) in [5.41, 5.74) is 1.80. The SMILES string of the molecule is N#CCn1ncc(-c2ccccc2)n1. The third-order valence-corrected chi connectivity index (χ3v) is 1.82. The van der Waals surface area contributed by atoms with E-state index in [4.69, 9.17) is 5.26 Å². The molecule has 4 heteroatoms. The van der Waals surface area contributed by atoms with Gasteiger partial charge in [0.05, 0.1) is 12.3 Å². The number of nitrogens with zero attached hydrogens (tertiary/aromatic N) is 4. The fourth-order valence-electron chi connectivity index (χ4n) is 1.18.